The zero-order chi connectivity index (χ0) is 20.6. The lowest BCUT2D eigenvalue weighted by molar-refractivity contribution is -0.158. The molecule has 1 aliphatic carbocycles. The predicted octanol–water partition coefficient (Wildman–Crippen LogP) is -0.196. The van der Waals surface area contributed by atoms with E-state index in [0.717, 1.165) is 29.1 Å². The highest BCUT2D eigenvalue weighted by Crippen LogP contribution is 2.53. The van der Waals surface area contributed by atoms with Crippen LogP contribution >= 0.6 is 0 Å². The number of piperidine rings is 1. The molecule has 0 aromatic carbocycles. The van der Waals surface area contributed by atoms with Crippen molar-refractivity contribution in [1.29, 1.82) is 0 Å². The largest absolute Gasteiger partial charge is 0.480 e. The van der Waals surface area contributed by atoms with Crippen molar-refractivity contribution in [1.82, 2.24) is 14.7 Å². The number of carbonyl (C=O) groups excluding carboxylic acids is 2. The Kier molecular flexibility index (Phi) is 5.51. The monoisotopic (exact) mass is 397 g/mol. The first-order valence-corrected chi connectivity index (χ1v) is 9.65. The van der Waals surface area contributed by atoms with Gasteiger partial charge in [0.1, 0.15) is 12.1 Å². The van der Waals surface area contributed by atoms with Crippen molar-refractivity contribution in [3.05, 3.63) is 0 Å². The number of hydrogen-bond acceptors (Lipinski definition) is 5. The number of aliphatic hydroxyl groups excluding tert-OH is 1. The molecular weight excluding hydrogens is 370 g/mol. The zero-order valence-electron chi connectivity index (χ0n) is 15.9. The van der Waals surface area contributed by atoms with Gasteiger partial charge in [-0.2, -0.15) is 0 Å². The van der Waals surface area contributed by atoms with E-state index in [4.69, 9.17) is 5.11 Å². The number of carbonyl (C=O) groups is 4. The van der Waals surface area contributed by atoms with E-state index in [1.165, 1.54) is 6.92 Å². The molecule has 3 atom stereocenters. The van der Waals surface area contributed by atoms with E-state index in [-0.39, 0.29) is 37.3 Å². The van der Waals surface area contributed by atoms with Crippen LogP contribution in [0.5, 0.6) is 0 Å². The molecule has 3 rings (SSSR count). The maximum atomic E-state index is 12.5. The summed E-state index contributed by atoms with van der Waals surface area (Å²) in [6, 6.07) is -2.22. The van der Waals surface area contributed by atoms with Crippen molar-refractivity contribution in [3.8, 4) is 0 Å². The maximum absolute atomic E-state index is 12.5. The summed E-state index contributed by atoms with van der Waals surface area (Å²) in [6.07, 6.45) is 1.42. The molecule has 0 aromatic heterocycles. The standard InChI is InChI=1S/C18H27N3O7/c1-11-15(24)20(12(16(25)26)9-21(11)17(27)28)7-2-3-14(23)19-8-6-18(4-5-18)13(22)10-19/h11-13,22H,2-10H2,1H3,(H,25,26)(H,27,28)/t11-,12?,13+/m0/s1. The van der Waals surface area contributed by atoms with E-state index in [0.29, 0.717) is 13.1 Å². The number of β-amino-alcohol motifs (C(OH)–C–C–N with tert-alkyl or cyclic N) is 1. The highest BCUT2D eigenvalue weighted by molar-refractivity contribution is 5.91. The quantitative estimate of drug-likeness (QED) is 0.584. The number of aliphatic carboxylic acids is 1. The predicted molar refractivity (Wildman–Crippen MR) is 95.4 cm³/mol. The molecule has 0 bridgehead atoms. The van der Waals surface area contributed by atoms with Gasteiger partial charge in [-0.3, -0.25) is 14.5 Å². The Morgan fingerprint density at radius 3 is 2.36 bits per heavy atom. The molecule has 10 heteroatoms. The number of rotatable bonds is 5. The van der Waals surface area contributed by atoms with Crippen LogP contribution in [0.3, 0.4) is 0 Å². The number of nitrogens with zero attached hydrogens (tertiary/aromatic N) is 3. The summed E-state index contributed by atoms with van der Waals surface area (Å²) in [4.78, 5) is 51.3. The van der Waals surface area contributed by atoms with Crippen LogP contribution in [-0.2, 0) is 14.4 Å². The van der Waals surface area contributed by atoms with Crippen LogP contribution < -0.4 is 0 Å². The van der Waals surface area contributed by atoms with E-state index >= 15 is 0 Å². The van der Waals surface area contributed by atoms with Gasteiger partial charge >= 0.3 is 12.1 Å². The Morgan fingerprint density at radius 1 is 1.14 bits per heavy atom. The summed E-state index contributed by atoms with van der Waals surface area (Å²) in [7, 11) is 0. The number of aliphatic hydroxyl groups is 1. The lowest BCUT2D eigenvalue weighted by Crippen LogP contribution is -2.64. The molecule has 3 N–H and O–H groups in total. The summed E-state index contributed by atoms with van der Waals surface area (Å²) < 4.78 is 0. The average molecular weight is 397 g/mol. The van der Waals surface area contributed by atoms with Crippen molar-refractivity contribution in [3.63, 3.8) is 0 Å². The average Bonchev–Trinajstić information content (AvgIpc) is 3.41. The third-order valence-electron chi connectivity index (χ3n) is 6.40. The van der Waals surface area contributed by atoms with Gasteiger partial charge in [0, 0.05) is 26.1 Å². The molecule has 3 fully saturated rings. The van der Waals surface area contributed by atoms with E-state index < -0.39 is 36.2 Å². The van der Waals surface area contributed by atoms with Gasteiger partial charge in [-0.15, -0.1) is 0 Å². The zero-order valence-corrected chi connectivity index (χ0v) is 15.9. The van der Waals surface area contributed by atoms with Crippen LogP contribution in [0.2, 0.25) is 0 Å². The molecule has 156 valence electrons. The molecule has 2 heterocycles. The van der Waals surface area contributed by atoms with Gasteiger partial charge in [0.25, 0.3) is 0 Å². The fourth-order valence-electron chi connectivity index (χ4n) is 4.24. The van der Waals surface area contributed by atoms with Gasteiger partial charge in [0.2, 0.25) is 11.8 Å². The van der Waals surface area contributed by atoms with Crippen molar-refractivity contribution < 1.29 is 34.5 Å². The SMILES string of the molecule is C[C@H]1C(=O)N(CCCC(=O)N2CCC3(CC3)[C@H](O)C2)C(C(=O)O)CN1C(=O)O. The van der Waals surface area contributed by atoms with Crippen LogP contribution in [0.15, 0.2) is 0 Å². The number of likely N-dealkylation sites (tertiary alicyclic amines) is 1. The minimum Gasteiger partial charge on any atom is -0.480 e. The molecule has 1 unspecified atom stereocenters. The molecule has 2 aliphatic heterocycles. The second-order valence-corrected chi connectivity index (χ2v) is 8.07. The number of piperazine rings is 1. The van der Waals surface area contributed by atoms with Gasteiger partial charge in [0.05, 0.1) is 12.6 Å². The normalized spacial score (nSPS) is 29.1. The van der Waals surface area contributed by atoms with Gasteiger partial charge < -0.3 is 25.1 Å². The highest BCUT2D eigenvalue weighted by atomic mass is 16.4. The topological polar surface area (TPSA) is 139 Å². The van der Waals surface area contributed by atoms with Gasteiger partial charge in [-0.05, 0) is 38.0 Å². The van der Waals surface area contributed by atoms with E-state index in [1.54, 1.807) is 4.90 Å². The van der Waals surface area contributed by atoms with E-state index in [1.807, 2.05) is 0 Å². The number of amides is 3. The fourth-order valence-corrected chi connectivity index (χ4v) is 4.24. The molecule has 1 spiro atoms. The van der Waals surface area contributed by atoms with Gasteiger partial charge in [-0.25, -0.2) is 9.59 Å². The van der Waals surface area contributed by atoms with Crippen LogP contribution in [0.1, 0.15) is 39.0 Å². The summed E-state index contributed by atoms with van der Waals surface area (Å²) in [5.41, 5.74) is 0.0118. The molecule has 28 heavy (non-hydrogen) atoms. The molecule has 3 aliphatic rings. The van der Waals surface area contributed by atoms with Crippen molar-refractivity contribution in [2.45, 2.75) is 57.2 Å². The van der Waals surface area contributed by atoms with Crippen molar-refractivity contribution in [2.24, 2.45) is 5.41 Å². The lowest BCUT2D eigenvalue weighted by Gasteiger charge is -2.41. The molecule has 1 saturated carbocycles. The first kappa shape index (κ1) is 20.4. The lowest BCUT2D eigenvalue weighted by atomic mass is 9.90. The third kappa shape index (κ3) is 3.78. The number of carboxylic acid groups (broad SMARTS) is 2. The van der Waals surface area contributed by atoms with Crippen LogP contribution in [-0.4, -0.2) is 98.3 Å². The maximum Gasteiger partial charge on any atom is 0.408 e. The molecule has 2 saturated heterocycles. The second kappa shape index (κ2) is 7.57. The summed E-state index contributed by atoms with van der Waals surface area (Å²) in [5, 5.41) is 28.8. The van der Waals surface area contributed by atoms with Crippen molar-refractivity contribution >= 4 is 23.9 Å². The van der Waals surface area contributed by atoms with Crippen LogP contribution in [0.4, 0.5) is 4.79 Å². The van der Waals surface area contributed by atoms with Gasteiger partial charge in [0.15, 0.2) is 0 Å². The minimum absolute atomic E-state index is 0.0118. The molecular formula is C18H27N3O7. The Morgan fingerprint density at radius 2 is 1.82 bits per heavy atom. The fraction of sp³-hybridized carbons (Fsp3) is 0.778. The Labute approximate surface area is 162 Å². The summed E-state index contributed by atoms with van der Waals surface area (Å²) >= 11 is 0. The van der Waals surface area contributed by atoms with E-state index in [2.05, 4.69) is 0 Å². The molecule has 10 nitrogen and oxygen atoms in total. The second-order valence-electron chi connectivity index (χ2n) is 8.07. The molecule has 0 aromatic rings. The Bertz CT molecular complexity index is 678. The molecule has 3 amide bonds. The first-order valence-electron chi connectivity index (χ1n) is 9.65. The summed E-state index contributed by atoms with van der Waals surface area (Å²) in [6.45, 7) is 2.13. The minimum atomic E-state index is -1.33. The highest BCUT2D eigenvalue weighted by Gasteiger charge is 2.51. The third-order valence-corrected chi connectivity index (χ3v) is 6.40. The first-order chi connectivity index (χ1) is 13.2. The van der Waals surface area contributed by atoms with Gasteiger partial charge in [-0.1, -0.05) is 0 Å². The van der Waals surface area contributed by atoms with Crippen molar-refractivity contribution in [2.75, 3.05) is 26.2 Å². The Hall–Kier alpha value is -2.36. The number of carboxylic acids is 1. The van der Waals surface area contributed by atoms with Crippen LogP contribution in [0, 0.1) is 5.41 Å². The molecule has 0 radical (unpaired) electrons. The van der Waals surface area contributed by atoms with E-state index in [9.17, 15) is 29.4 Å². The number of hydrogen-bond donors (Lipinski definition) is 3. The Balaban J connectivity index is 1.54. The summed E-state index contributed by atoms with van der Waals surface area (Å²) in [5.74, 6) is -1.96. The van der Waals surface area contributed by atoms with Crippen LogP contribution in [0.25, 0.3) is 0 Å². The smallest absolute Gasteiger partial charge is 0.408 e.